The molecule has 2 amide bonds. The number of hydrogen-bond donors (Lipinski definition) is 3. The van der Waals surface area contributed by atoms with Crippen LogP contribution in [0.3, 0.4) is 0 Å². The van der Waals surface area contributed by atoms with Crippen molar-refractivity contribution in [2.24, 2.45) is 5.73 Å². The van der Waals surface area contributed by atoms with E-state index in [4.69, 9.17) is 10.5 Å². The Hall–Kier alpha value is -4.67. The predicted molar refractivity (Wildman–Crippen MR) is 134 cm³/mol. The van der Waals surface area contributed by atoms with Crippen molar-refractivity contribution in [1.29, 1.82) is 0 Å². The van der Waals surface area contributed by atoms with E-state index in [2.05, 4.69) is 14.5 Å². The number of aromatic nitrogens is 1. The summed E-state index contributed by atoms with van der Waals surface area (Å²) in [5.74, 6) is -5.10. The number of nitrogens with zero attached hydrogens (tertiary/aromatic N) is 1. The lowest BCUT2D eigenvalue weighted by Crippen LogP contribution is -2.51. The number of ether oxygens (including phenoxy) is 3. The Bertz CT molecular complexity index is 1570. The zero-order valence-electron chi connectivity index (χ0n) is 22.2. The van der Waals surface area contributed by atoms with Crippen molar-refractivity contribution in [3.8, 4) is 28.5 Å². The zero-order chi connectivity index (χ0) is 32.6. The molecular weight excluding hydrogens is 614 g/mol. The summed E-state index contributed by atoms with van der Waals surface area (Å²) in [7, 11) is 0. The molecule has 4 N–H and O–H groups in total. The normalized spacial score (nSPS) is 17.5. The molecule has 9 nitrogen and oxygen atoms in total. The maximum Gasteiger partial charge on any atom is 0.424 e. The van der Waals surface area contributed by atoms with Gasteiger partial charge in [-0.2, -0.15) is 30.7 Å². The molecule has 0 spiro atoms. The average Bonchev–Trinajstić information content (AvgIpc) is 3.29. The topological polar surface area (TPSA) is 133 Å². The Morgan fingerprint density at radius 3 is 2.23 bits per heavy atom. The Kier molecular flexibility index (Phi) is 8.64. The molecule has 0 unspecified atom stereocenters. The molecule has 1 aliphatic rings. The molecule has 3 aromatic rings. The number of fused-ring (bicyclic) bond motifs is 1. The third-order valence-electron chi connectivity index (χ3n) is 6.77. The van der Waals surface area contributed by atoms with E-state index < -0.39 is 84.0 Å². The molecule has 236 valence electrons. The van der Waals surface area contributed by atoms with Crippen molar-refractivity contribution in [2.75, 3.05) is 13.2 Å². The van der Waals surface area contributed by atoms with Crippen LogP contribution in [0.25, 0.3) is 11.3 Å². The summed E-state index contributed by atoms with van der Waals surface area (Å²) in [6, 6.07) is 6.98. The summed E-state index contributed by atoms with van der Waals surface area (Å²) in [5.41, 5.74) is -2.30. The van der Waals surface area contributed by atoms with Crippen LogP contribution in [0.5, 0.6) is 17.2 Å². The minimum Gasteiger partial charge on any atom is -0.489 e. The van der Waals surface area contributed by atoms with Gasteiger partial charge in [0.15, 0.2) is 11.5 Å². The number of halogens is 8. The van der Waals surface area contributed by atoms with Crippen LogP contribution in [-0.4, -0.2) is 54.5 Å². The van der Waals surface area contributed by atoms with Gasteiger partial charge in [0.2, 0.25) is 11.5 Å². The van der Waals surface area contributed by atoms with E-state index in [1.54, 1.807) is 0 Å². The fourth-order valence-electron chi connectivity index (χ4n) is 4.28. The second-order valence-corrected chi connectivity index (χ2v) is 9.68. The Morgan fingerprint density at radius 2 is 1.66 bits per heavy atom. The lowest BCUT2D eigenvalue weighted by molar-refractivity contribution is -0.265. The van der Waals surface area contributed by atoms with Crippen LogP contribution < -0.4 is 25.3 Å². The van der Waals surface area contributed by atoms with Gasteiger partial charge in [-0.25, -0.2) is 9.37 Å². The number of carbonyl (C=O) groups excluding carboxylic acids is 2. The van der Waals surface area contributed by atoms with Crippen LogP contribution in [0.15, 0.2) is 48.5 Å². The Labute approximate surface area is 242 Å². The monoisotopic (exact) mass is 635 g/mol. The minimum absolute atomic E-state index is 0.0458. The van der Waals surface area contributed by atoms with Gasteiger partial charge in [-0.15, -0.1) is 0 Å². The highest BCUT2D eigenvalue weighted by Gasteiger charge is 2.57. The second kappa shape index (κ2) is 11.8. The molecule has 44 heavy (non-hydrogen) atoms. The number of primary amides is 1. The van der Waals surface area contributed by atoms with Gasteiger partial charge in [0.25, 0.3) is 5.91 Å². The quantitative estimate of drug-likeness (QED) is 0.281. The summed E-state index contributed by atoms with van der Waals surface area (Å²) < 4.78 is 122. The van der Waals surface area contributed by atoms with Gasteiger partial charge in [0.05, 0.1) is 12.2 Å². The first-order valence-corrected chi connectivity index (χ1v) is 12.3. The lowest BCUT2D eigenvalue weighted by Gasteiger charge is -2.31. The number of alkyl halides is 7. The first-order chi connectivity index (χ1) is 20.5. The molecule has 0 bridgehead atoms. The molecule has 0 saturated carbocycles. The fourth-order valence-corrected chi connectivity index (χ4v) is 4.28. The van der Waals surface area contributed by atoms with E-state index in [1.165, 1.54) is 19.1 Å². The van der Waals surface area contributed by atoms with Crippen LogP contribution in [-0.2, 0) is 15.8 Å². The fraction of sp³-hybridized carbons (Fsp3) is 0.296. The number of nitrogens with one attached hydrogen (secondary N) is 1. The predicted octanol–water partition coefficient (Wildman–Crippen LogP) is 4.41. The Balaban J connectivity index is 1.76. The summed E-state index contributed by atoms with van der Waals surface area (Å²) in [5, 5.41) is 12.9. The van der Waals surface area contributed by atoms with Gasteiger partial charge in [0, 0.05) is 16.7 Å². The standard InChI is InChI=1S/C27H21F8N3O6/c1-25(22(36)40)11-42-20-15(25)9-18(38-19(20)12-2-5-14(28)6-3-12)26(41,27(33,34)35)10-37-21(39)13-4-7-16(43-23(29)30)17(8-13)44-24(31)32/h2-9,23-24,41H,10-11H2,1H3,(H2,36,40)(H,37,39)/t25-,26-/m0/s1. The van der Waals surface area contributed by atoms with E-state index in [0.29, 0.717) is 12.1 Å². The molecule has 17 heteroatoms. The van der Waals surface area contributed by atoms with Crippen molar-refractivity contribution >= 4 is 11.8 Å². The average molecular weight is 635 g/mol. The maximum atomic E-state index is 14.5. The van der Waals surface area contributed by atoms with E-state index in [9.17, 15) is 49.8 Å². The highest BCUT2D eigenvalue weighted by Crippen LogP contribution is 2.47. The number of amides is 2. The molecule has 1 aromatic heterocycles. The second-order valence-electron chi connectivity index (χ2n) is 9.68. The number of carbonyl (C=O) groups is 2. The summed E-state index contributed by atoms with van der Waals surface area (Å²) in [6.45, 7) is -7.73. The number of pyridine rings is 1. The van der Waals surface area contributed by atoms with Gasteiger partial charge in [-0.1, -0.05) is 0 Å². The number of benzene rings is 2. The van der Waals surface area contributed by atoms with Crippen molar-refractivity contribution in [2.45, 2.75) is 37.3 Å². The van der Waals surface area contributed by atoms with Crippen LogP contribution in [0.1, 0.15) is 28.5 Å². The highest BCUT2D eigenvalue weighted by molar-refractivity contribution is 5.95. The zero-order valence-corrected chi connectivity index (χ0v) is 22.2. The molecule has 0 radical (unpaired) electrons. The molecule has 2 heterocycles. The number of hydrogen-bond acceptors (Lipinski definition) is 7. The van der Waals surface area contributed by atoms with Crippen LogP contribution in [0.4, 0.5) is 35.1 Å². The minimum atomic E-state index is -5.54. The lowest BCUT2D eigenvalue weighted by atomic mass is 9.81. The van der Waals surface area contributed by atoms with Gasteiger partial charge in [-0.3, -0.25) is 9.59 Å². The van der Waals surface area contributed by atoms with E-state index in [1.807, 2.05) is 5.32 Å². The number of rotatable bonds is 10. The first kappa shape index (κ1) is 32.2. The largest absolute Gasteiger partial charge is 0.489 e. The molecule has 2 atom stereocenters. The highest BCUT2D eigenvalue weighted by atomic mass is 19.4. The van der Waals surface area contributed by atoms with E-state index in [-0.39, 0.29) is 22.6 Å². The summed E-state index contributed by atoms with van der Waals surface area (Å²) in [6.07, 6.45) is -5.54. The van der Waals surface area contributed by atoms with Crippen LogP contribution in [0, 0.1) is 5.82 Å². The molecule has 0 aliphatic carbocycles. The number of nitrogens with two attached hydrogens (primary N) is 1. The molecular formula is C27H21F8N3O6. The first-order valence-electron chi connectivity index (χ1n) is 12.3. The SMILES string of the molecule is C[C@]1(C(N)=O)COc2c1cc([C@@](O)(CNC(=O)c1ccc(OC(F)F)c(OC(F)F)c1)C(F)(F)F)nc2-c1ccc(F)cc1. The van der Waals surface area contributed by atoms with Gasteiger partial charge in [-0.05, 0) is 55.5 Å². The molecule has 0 fully saturated rings. The van der Waals surface area contributed by atoms with Gasteiger partial charge in [0.1, 0.15) is 29.3 Å². The summed E-state index contributed by atoms with van der Waals surface area (Å²) >= 11 is 0. The maximum absolute atomic E-state index is 14.5. The van der Waals surface area contributed by atoms with Crippen LogP contribution >= 0.6 is 0 Å². The number of aliphatic hydroxyl groups is 1. The van der Waals surface area contributed by atoms with Gasteiger partial charge >= 0.3 is 19.4 Å². The molecule has 1 aliphatic heterocycles. The third kappa shape index (κ3) is 6.17. The Morgan fingerprint density at radius 1 is 1.05 bits per heavy atom. The molecule has 4 rings (SSSR count). The third-order valence-corrected chi connectivity index (χ3v) is 6.77. The van der Waals surface area contributed by atoms with Crippen molar-refractivity contribution in [1.82, 2.24) is 10.3 Å². The van der Waals surface area contributed by atoms with Crippen molar-refractivity contribution < 1.29 is 64.0 Å². The van der Waals surface area contributed by atoms with Crippen LogP contribution in [0.2, 0.25) is 0 Å². The summed E-state index contributed by atoms with van der Waals surface area (Å²) in [4.78, 5) is 29.0. The van der Waals surface area contributed by atoms with Crippen molar-refractivity contribution in [3.05, 3.63) is 71.2 Å². The smallest absolute Gasteiger partial charge is 0.424 e. The van der Waals surface area contributed by atoms with E-state index in [0.717, 1.165) is 24.3 Å². The van der Waals surface area contributed by atoms with E-state index >= 15 is 0 Å². The van der Waals surface area contributed by atoms with Gasteiger partial charge < -0.3 is 30.4 Å². The molecule has 2 aromatic carbocycles. The molecule has 0 saturated heterocycles. The van der Waals surface area contributed by atoms with Crippen molar-refractivity contribution in [3.63, 3.8) is 0 Å².